The standard InChI is InChI=1S/C12H19N3O/c1-9(2)11(16)15-12(3,4)6-5-10-13-7-8-14-10/h7-8H,1,5-6H2,2-4H3,(H,13,14)(H,15,16). The molecule has 0 saturated heterocycles. The van der Waals surface area contributed by atoms with Crippen LogP contribution in [-0.2, 0) is 11.2 Å². The average Bonchev–Trinajstić information content (AvgIpc) is 2.66. The Hall–Kier alpha value is -1.58. The topological polar surface area (TPSA) is 57.8 Å². The summed E-state index contributed by atoms with van der Waals surface area (Å²) in [5.74, 6) is 0.849. The lowest BCUT2D eigenvalue weighted by molar-refractivity contribution is -0.119. The van der Waals surface area contributed by atoms with Gasteiger partial charge in [-0.05, 0) is 27.2 Å². The fourth-order valence-corrected chi connectivity index (χ4v) is 1.34. The van der Waals surface area contributed by atoms with Crippen molar-refractivity contribution in [2.24, 2.45) is 0 Å². The van der Waals surface area contributed by atoms with Crippen LogP contribution in [0, 0.1) is 0 Å². The smallest absolute Gasteiger partial charge is 0.246 e. The van der Waals surface area contributed by atoms with Crippen LogP contribution in [0.15, 0.2) is 24.5 Å². The Bertz CT molecular complexity index is 366. The summed E-state index contributed by atoms with van der Waals surface area (Å²) in [5.41, 5.74) is 0.286. The van der Waals surface area contributed by atoms with Gasteiger partial charge in [-0.2, -0.15) is 0 Å². The van der Waals surface area contributed by atoms with Gasteiger partial charge in [0.05, 0.1) is 0 Å². The molecule has 1 rings (SSSR count). The highest BCUT2D eigenvalue weighted by molar-refractivity contribution is 5.92. The second kappa shape index (κ2) is 4.96. The Kier molecular flexibility index (Phi) is 3.88. The van der Waals surface area contributed by atoms with Gasteiger partial charge in [0, 0.05) is 29.9 Å². The fraction of sp³-hybridized carbons (Fsp3) is 0.500. The first-order chi connectivity index (χ1) is 7.41. The van der Waals surface area contributed by atoms with E-state index in [1.54, 1.807) is 19.3 Å². The number of imidazole rings is 1. The number of nitrogens with zero attached hydrogens (tertiary/aromatic N) is 1. The number of H-pyrrole nitrogens is 1. The minimum Gasteiger partial charge on any atom is -0.349 e. The zero-order valence-electron chi connectivity index (χ0n) is 10.1. The van der Waals surface area contributed by atoms with Crippen LogP contribution >= 0.6 is 0 Å². The first-order valence-electron chi connectivity index (χ1n) is 5.37. The monoisotopic (exact) mass is 221 g/mol. The van der Waals surface area contributed by atoms with E-state index < -0.39 is 0 Å². The number of carbonyl (C=O) groups excluding carboxylic acids is 1. The quantitative estimate of drug-likeness (QED) is 0.745. The molecule has 0 spiro atoms. The van der Waals surface area contributed by atoms with Gasteiger partial charge in [0.15, 0.2) is 0 Å². The van der Waals surface area contributed by atoms with Crippen LogP contribution in [0.5, 0.6) is 0 Å². The molecule has 0 aliphatic heterocycles. The SMILES string of the molecule is C=C(C)C(=O)NC(C)(C)CCc1ncc[nH]1. The van der Waals surface area contributed by atoms with Crippen molar-refractivity contribution in [1.29, 1.82) is 0 Å². The molecule has 0 bridgehead atoms. The largest absolute Gasteiger partial charge is 0.349 e. The number of hydrogen-bond donors (Lipinski definition) is 2. The maximum absolute atomic E-state index is 11.5. The van der Waals surface area contributed by atoms with E-state index in [9.17, 15) is 4.79 Å². The van der Waals surface area contributed by atoms with Gasteiger partial charge in [-0.3, -0.25) is 4.79 Å². The molecule has 1 amide bonds. The highest BCUT2D eigenvalue weighted by Gasteiger charge is 2.20. The molecule has 1 aromatic rings. The average molecular weight is 221 g/mol. The minimum atomic E-state index is -0.247. The molecule has 1 aromatic heterocycles. The third-order valence-electron chi connectivity index (χ3n) is 2.38. The predicted molar refractivity (Wildman–Crippen MR) is 63.9 cm³/mol. The molecule has 4 heteroatoms. The Morgan fingerprint density at radius 1 is 1.62 bits per heavy atom. The molecular formula is C12H19N3O. The van der Waals surface area contributed by atoms with Crippen molar-refractivity contribution in [3.05, 3.63) is 30.4 Å². The second-order valence-electron chi connectivity index (χ2n) is 4.65. The van der Waals surface area contributed by atoms with Gasteiger partial charge in [0.1, 0.15) is 5.82 Å². The molecule has 16 heavy (non-hydrogen) atoms. The molecule has 0 aromatic carbocycles. The molecule has 0 saturated carbocycles. The van der Waals surface area contributed by atoms with Crippen LogP contribution in [0.2, 0.25) is 0 Å². The molecule has 88 valence electrons. The maximum atomic E-state index is 11.5. The normalized spacial score (nSPS) is 11.2. The number of rotatable bonds is 5. The summed E-state index contributed by atoms with van der Waals surface area (Å²) in [6.45, 7) is 9.32. The number of aromatic nitrogens is 2. The molecule has 2 N–H and O–H groups in total. The van der Waals surface area contributed by atoms with E-state index in [-0.39, 0.29) is 11.4 Å². The molecule has 0 radical (unpaired) electrons. The zero-order chi connectivity index (χ0) is 12.2. The van der Waals surface area contributed by atoms with Gasteiger partial charge in [-0.1, -0.05) is 6.58 Å². The number of aryl methyl sites for hydroxylation is 1. The van der Waals surface area contributed by atoms with Crippen molar-refractivity contribution in [1.82, 2.24) is 15.3 Å². The predicted octanol–water partition coefficient (Wildman–Crippen LogP) is 1.81. The van der Waals surface area contributed by atoms with Gasteiger partial charge in [-0.15, -0.1) is 0 Å². The number of hydrogen-bond acceptors (Lipinski definition) is 2. The number of amides is 1. The second-order valence-corrected chi connectivity index (χ2v) is 4.65. The van der Waals surface area contributed by atoms with Gasteiger partial charge < -0.3 is 10.3 Å². The van der Waals surface area contributed by atoms with Gasteiger partial charge in [-0.25, -0.2) is 4.98 Å². The lowest BCUT2D eigenvalue weighted by atomic mass is 9.97. The number of aromatic amines is 1. The summed E-state index contributed by atoms with van der Waals surface area (Å²) < 4.78 is 0. The van der Waals surface area contributed by atoms with Crippen LogP contribution in [0.1, 0.15) is 33.0 Å². The van der Waals surface area contributed by atoms with Crippen molar-refractivity contribution < 1.29 is 4.79 Å². The Balaban J connectivity index is 2.45. The van der Waals surface area contributed by atoms with Gasteiger partial charge in [0.2, 0.25) is 5.91 Å². The molecule has 0 atom stereocenters. The van der Waals surface area contributed by atoms with E-state index in [2.05, 4.69) is 21.9 Å². The highest BCUT2D eigenvalue weighted by Crippen LogP contribution is 2.12. The molecular weight excluding hydrogens is 202 g/mol. The summed E-state index contributed by atoms with van der Waals surface area (Å²) in [7, 11) is 0. The summed E-state index contributed by atoms with van der Waals surface area (Å²) in [6, 6.07) is 0. The molecule has 0 unspecified atom stereocenters. The Morgan fingerprint density at radius 3 is 2.81 bits per heavy atom. The molecule has 0 aliphatic rings. The van der Waals surface area contributed by atoms with Crippen LogP contribution in [-0.4, -0.2) is 21.4 Å². The van der Waals surface area contributed by atoms with E-state index in [0.717, 1.165) is 18.7 Å². The summed E-state index contributed by atoms with van der Waals surface area (Å²) >= 11 is 0. The van der Waals surface area contributed by atoms with Crippen molar-refractivity contribution in [3.63, 3.8) is 0 Å². The lowest BCUT2D eigenvalue weighted by Gasteiger charge is -2.26. The van der Waals surface area contributed by atoms with E-state index in [1.807, 2.05) is 13.8 Å². The number of carbonyl (C=O) groups is 1. The third-order valence-corrected chi connectivity index (χ3v) is 2.38. The number of nitrogens with one attached hydrogen (secondary N) is 2. The van der Waals surface area contributed by atoms with E-state index >= 15 is 0 Å². The maximum Gasteiger partial charge on any atom is 0.246 e. The third kappa shape index (κ3) is 3.88. The van der Waals surface area contributed by atoms with Crippen LogP contribution < -0.4 is 5.32 Å². The van der Waals surface area contributed by atoms with Crippen molar-refractivity contribution in [3.8, 4) is 0 Å². The van der Waals surface area contributed by atoms with Crippen molar-refractivity contribution in [2.45, 2.75) is 39.2 Å². The first kappa shape index (κ1) is 12.5. The summed E-state index contributed by atoms with van der Waals surface area (Å²) in [4.78, 5) is 18.7. The summed E-state index contributed by atoms with van der Waals surface area (Å²) in [6.07, 6.45) is 5.18. The van der Waals surface area contributed by atoms with Crippen LogP contribution in [0.25, 0.3) is 0 Å². The highest BCUT2D eigenvalue weighted by atomic mass is 16.1. The lowest BCUT2D eigenvalue weighted by Crippen LogP contribution is -2.44. The van der Waals surface area contributed by atoms with Crippen molar-refractivity contribution in [2.75, 3.05) is 0 Å². The molecule has 4 nitrogen and oxygen atoms in total. The fourth-order valence-electron chi connectivity index (χ4n) is 1.34. The Labute approximate surface area is 96.2 Å². The molecule has 0 fully saturated rings. The van der Waals surface area contributed by atoms with E-state index in [4.69, 9.17) is 0 Å². The van der Waals surface area contributed by atoms with E-state index in [1.165, 1.54) is 0 Å². The van der Waals surface area contributed by atoms with E-state index in [0.29, 0.717) is 5.57 Å². The minimum absolute atomic E-state index is 0.0931. The van der Waals surface area contributed by atoms with Crippen LogP contribution in [0.3, 0.4) is 0 Å². The van der Waals surface area contributed by atoms with Gasteiger partial charge >= 0.3 is 0 Å². The first-order valence-corrected chi connectivity index (χ1v) is 5.37. The summed E-state index contributed by atoms with van der Waals surface area (Å²) in [5, 5.41) is 2.94. The van der Waals surface area contributed by atoms with Crippen molar-refractivity contribution >= 4 is 5.91 Å². The van der Waals surface area contributed by atoms with Crippen LogP contribution in [0.4, 0.5) is 0 Å². The molecule has 0 aliphatic carbocycles. The zero-order valence-corrected chi connectivity index (χ0v) is 10.1. The molecule has 1 heterocycles. The Morgan fingerprint density at radius 2 is 2.31 bits per heavy atom. The van der Waals surface area contributed by atoms with Gasteiger partial charge in [0.25, 0.3) is 0 Å².